The first-order valence-electron chi connectivity index (χ1n) is 7.11. The molecule has 0 atom stereocenters. The topological polar surface area (TPSA) is 63.2 Å². The largest absolute Gasteiger partial charge is 0.351 e. The van der Waals surface area contributed by atoms with Gasteiger partial charge < -0.3 is 5.32 Å². The molecule has 1 amide bonds. The number of hydrogen-bond acceptors (Lipinski definition) is 3. The molecule has 0 saturated heterocycles. The van der Waals surface area contributed by atoms with Crippen LogP contribution in [0.25, 0.3) is 0 Å². The summed E-state index contributed by atoms with van der Waals surface area (Å²) in [5.41, 5.74) is 2.34. The van der Waals surface area contributed by atoms with Crippen molar-refractivity contribution in [2.24, 2.45) is 0 Å². The Labute approximate surface area is 135 Å². The first-order valence-corrected chi connectivity index (χ1v) is 8.93. The van der Waals surface area contributed by atoms with Crippen molar-refractivity contribution in [1.29, 1.82) is 0 Å². The maximum atomic E-state index is 12.8. The Morgan fingerprint density at radius 2 is 1.78 bits per heavy atom. The highest BCUT2D eigenvalue weighted by Gasteiger charge is 2.17. The molecule has 122 valence electrons. The smallest absolute Gasteiger partial charge is 0.235 e. The van der Waals surface area contributed by atoms with E-state index in [1.54, 1.807) is 18.2 Å². The molecule has 0 heterocycles. The van der Waals surface area contributed by atoms with Gasteiger partial charge in [0.05, 0.1) is 5.75 Å². The van der Waals surface area contributed by atoms with Crippen molar-refractivity contribution in [2.75, 3.05) is 5.75 Å². The van der Waals surface area contributed by atoms with Gasteiger partial charge in [0.15, 0.2) is 9.84 Å². The predicted octanol–water partition coefficient (Wildman–Crippen LogP) is 2.37. The second-order valence-corrected chi connectivity index (χ2v) is 7.49. The van der Waals surface area contributed by atoms with Crippen LogP contribution in [0.4, 0.5) is 4.39 Å². The van der Waals surface area contributed by atoms with Crippen LogP contribution >= 0.6 is 0 Å². The number of halogens is 1. The summed E-state index contributed by atoms with van der Waals surface area (Å²) in [6, 6.07) is 12.8. The zero-order valence-electron chi connectivity index (χ0n) is 12.8. The maximum Gasteiger partial charge on any atom is 0.235 e. The molecule has 1 N–H and O–H groups in total. The molecule has 0 aromatic heterocycles. The summed E-state index contributed by atoms with van der Waals surface area (Å²) < 4.78 is 36.9. The van der Waals surface area contributed by atoms with Gasteiger partial charge in [-0.15, -0.1) is 0 Å². The third-order valence-electron chi connectivity index (χ3n) is 3.22. The Balaban J connectivity index is 1.89. The van der Waals surface area contributed by atoms with Crippen LogP contribution in [-0.4, -0.2) is 20.1 Å². The van der Waals surface area contributed by atoms with Crippen molar-refractivity contribution in [1.82, 2.24) is 5.32 Å². The lowest BCUT2D eigenvalue weighted by Crippen LogP contribution is -2.30. The lowest BCUT2D eigenvalue weighted by Gasteiger charge is -2.07. The van der Waals surface area contributed by atoms with E-state index >= 15 is 0 Å². The van der Waals surface area contributed by atoms with E-state index in [9.17, 15) is 17.6 Å². The number of nitrogens with one attached hydrogen (secondary N) is 1. The van der Waals surface area contributed by atoms with Crippen molar-refractivity contribution in [3.05, 3.63) is 71.0 Å². The van der Waals surface area contributed by atoms with Crippen molar-refractivity contribution in [3.63, 3.8) is 0 Å². The fourth-order valence-corrected chi connectivity index (χ4v) is 3.45. The fourth-order valence-electron chi connectivity index (χ4n) is 2.16. The summed E-state index contributed by atoms with van der Waals surface area (Å²) in [4.78, 5) is 11.8. The minimum atomic E-state index is -3.53. The van der Waals surface area contributed by atoms with Gasteiger partial charge in [-0.2, -0.15) is 0 Å². The summed E-state index contributed by atoms with van der Waals surface area (Å²) in [6.07, 6.45) is 0. The third kappa shape index (κ3) is 5.83. The van der Waals surface area contributed by atoms with E-state index in [-0.39, 0.29) is 18.1 Å². The van der Waals surface area contributed by atoms with Crippen molar-refractivity contribution < 1.29 is 17.6 Å². The predicted molar refractivity (Wildman–Crippen MR) is 86.9 cm³/mol. The molecule has 0 bridgehead atoms. The highest BCUT2D eigenvalue weighted by molar-refractivity contribution is 7.91. The van der Waals surface area contributed by atoms with Crippen molar-refractivity contribution in [2.45, 2.75) is 19.2 Å². The van der Waals surface area contributed by atoms with Gasteiger partial charge in [0.2, 0.25) is 5.91 Å². The highest BCUT2D eigenvalue weighted by atomic mass is 32.2. The van der Waals surface area contributed by atoms with Crippen LogP contribution in [0.2, 0.25) is 0 Å². The van der Waals surface area contributed by atoms with E-state index in [4.69, 9.17) is 0 Å². The van der Waals surface area contributed by atoms with Gasteiger partial charge in [-0.1, -0.05) is 42.0 Å². The van der Waals surface area contributed by atoms with Crippen LogP contribution in [0.1, 0.15) is 16.7 Å². The molecule has 0 fully saturated rings. The van der Waals surface area contributed by atoms with Crippen LogP contribution in [0.3, 0.4) is 0 Å². The van der Waals surface area contributed by atoms with Gasteiger partial charge in [-0.25, -0.2) is 12.8 Å². The molecule has 0 unspecified atom stereocenters. The number of carbonyl (C=O) groups excluding carboxylic acids is 1. The zero-order chi connectivity index (χ0) is 16.9. The van der Waals surface area contributed by atoms with Crippen LogP contribution in [-0.2, 0) is 26.9 Å². The summed E-state index contributed by atoms with van der Waals surface area (Å²) in [5, 5.41) is 2.53. The van der Waals surface area contributed by atoms with Crippen LogP contribution in [0.5, 0.6) is 0 Å². The standard InChI is InChI=1S/C17H18FNO3S/c1-13-3-2-4-15(9-13)11-23(21,22)12-17(20)19-10-14-5-7-16(18)8-6-14/h2-9H,10-12H2,1H3,(H,19,20). The second-order valence-electron chi connectivity index (χ2n) is 5.42. The minimum absolute atomic E-state index is 0.166. The van der Waals surface area contributed by atoms with E-state index in [2.05, 4.69) is 5.32 Å². The molecule has 2 rings (SSSR count). The molecule has 0 saturated carbocycles. The average Bonchev–Trinajstić information content (AvgIpc) is 2.45. The summed E-state index contributed by atoms with van der Waals surface area (Å²) in [6.45, 7) is 2.05. The number of sulfone groups is 1. The van der Waals surface area contributed by atoms with Gasteiger partial charge in [0.25, 0.3) is 0 Å². The van der Waals surface area contributed by atoms with Crippen LogP contribution < -0.4 is 5.32 Å². The van der Waals surface area contributed by atoms with Crippen LogP contribution in [0.15, 0.2) is 48.5 Å². The molecule has 23 heavy (non-hydrogen) atoms. The lowest BCUT2D eigenvalue weighted by atomic mass is 10.2. The molecular formula is C17H18FNO3S. The Kier molecular flexibility index (Phi) is 5.50. The number of amides is 1. The SMILES string of the molecule is Cc1cccc(CS(=O)(=O)CC(=O)NCc2ccc(F)cc2)c1. The molecule has 2 aromatic carbocycles. The van der Waals surface area contributed by atoms with E-state index in [1.165, 1.54) is 24.3 Å². The normalized spacial score (nSPS) is 11.2. The van der Waals surface area contributed by atoms with Gasteiger partial charge in [-0.3, -0.25) is 4.79 Å². The number of rotatable bonds is 6. The number of benzene rings is 2. The van der Waals surface area contributed by atoms with Gasteiger partial charge >= 0.3 is 0 Å². The minimum Gasteiger partial charge on any atom is -0.351 e. The summed E-state index contributed by atoms with van der Waals surface area (Å²) in [7, 11) is -3.53. The van der Waals surface area contributed by atoms with Gasteiger partial charge in [0.1, 0.15) is 11.6 Å². The maximum absolute atomic E-state index is 12.8. The monoisotopic (exact) mass is 335 g/mol. The van der Waals surface area contributed by atoms with E-state index in [0.29, 0.717) is 11.1 Å². The molecule has 0 aliphatic heterocycles. The summed E-state index contributed by atoms with van der Waals surface area (Å²) in [5.74, 6) is -1.66. The van der Waals surface area contributed by atoms with E-state index < -0.39 is 21.5 Å². The first-order chi connectivity index (χ1) is 10.8. The Bertz CT molecular complexity index is 786. The Morgan fingerprint density at radius 1 is 1.09 bits per heavy atom. The molecule has 0 aliphatic rings. The van der Waals surface area contributed by atoms with E-state index in [0.717, 1.165) is 5.56 Å². The van der Waals surface area contributed by atoms with Crippen LogP contribution in [0, 0.1) is 12.7 Å². The van der Waals surface area contributed by atoms with Gasteiger partial charge in [-0.05, 0) is 30.2 Å². The number of carbonyl (C=O) groups is 1. The highest BCUT2D eigenvalue weighted by Crippen LogP contribution is 2.09. The Hall–Kier alpha value is -2.21. The third-order valence-corrected chi connectivity index (χ3v) is 4.70. The molecule has 6 heteroatoms. The number of aryl methyl sites for hydroxylation is 1. The lowest BCUT2D eigenvalue weighted by molar-refractivity contribution is -0.118. The van der Waals surface area contributed by atoms with Crippen molar-refractivity contribution >= 4 is 15.7 Å². The fraction of sp³-hybridized carbons (Fsp3) is 0.235. The first kappa shape index (κ1) is 17.1. The molecule has 0 radical (unpaired) electrons. The van der Waals surface area contributed by atoms with Gasteiger partial charge in [0, 0.05) is 6.54 Å². The molecule has 0 spiro atoms. The zero-order valence-corrected chi connectivity index (χ0v) is 13.6. The second kappa shape index (κ2) is 7.37. The molecule has 2 aromatic rings. The molecule has 4 nitrogen and oxygen atoms in total. The van der Waals surface area contributed by atoms with E-state index in [1.807, 2.05) is 13.0 Å². The quantitative estimate of drug-likeness (QED) is 0.881. The summed E-state index contributed by atoms with van der Waals surface area (Å²) >= 11 is 0. The Morgan fingerprint density at radius 3 is 2.43 bits per heavy atom. The van der Waals surface area contributed by atoms with Crippen molar-refractivity contribution in [3.8, 4) is 0 Å². The number of hydrogen-bond donors (Lipinski definition) is 1. The molecule has 0 aliphatic carbocycles. The molecular weight excluding hydrogens is 317 g/mol. The average molecular weight is 335 g/mol.